The van der Waals surface area contributed by atoms with Crippen LogP contribution in [0, 0.1) is 5.92 Å². The molecule has 0 radical (unpaired) electrons. The number of ketones is 1. The molecule has 1 atom stereocenters. The van der Waals surface area contributed by atoms with Crippen LogP contribution in [-0.4, -0.2) is 19.2 Å². The maximum absolute atomic E-state index is 11.8. The van der Waals surface area contributed by atoms with E-state index in [1.807, 2.05) is 6.07 Å². The van der Waals surface area contributed by atoms with Gasteiger partial charge in [-0.15, -0.1) is 0 Å². The highest BCUT2D eigenvalue weighted by molar-refractivity contribution is 6.07. The Bertz CT molecular complexity index is 409. The maximum Gasteiger partial charge on any atom is 0.173 e. The second kappa shape index (κ2) is 3.85. The first-order valence-corrected chi connectivity index (χ1v) is 4.92. The predicted octanol–water partition coefficient (Wildman–Crippen LogP) is 1.64. The van der Waals surface area contributed by atoms with E-state index in [2.05, 4.69) is 0 Å². The summed E-state index contributed by atoms with van der Waals surface area (Å²) in [5.74, 6) is 0.242. The predicted molar refractivity (Wildman–Crippen MR) is 55.2 cm³/mol. The van der Waals surface area contributed by atoms with Crippen LogP contribution in [0.5, 0.6) is 5.75 Å². The number of carbonyl (C=O) groups excluding carboxylic acids is 2. The normalized spacial score (nSPS) is 19.5. The van der Waals surface area contributed by atoms with Gasteiger partial charge >= 0.3 is 0 Å². The van der Waals surface area contributed by atoms with Gasteiger partial charge in [0.05, 0.1) is 13.0 Å². The van der Waals surface area contributed by atoms with Crippen LogP contribution >= 0.6 is 0 Å². The number of hydrogen-bond acceptors (Lipinski definition) is 3. The summed E-state index contributed by atoms with van der Waals surface area (Å²) < 4.78 is 5.09. The highest BCUT2D eigenvalue weighted by Gasteiger charge is 2.26. The average Bonchev–Trinajstić information content (AvgIpc) is 2.29. The maximum atomic E-state index is 11.8. The molecule has 3 heteroatoms. The van der Waals surface area contributed by atoms with Crippen LogP contribution in [0.3, 0.4) is 0 Å². The zero-order valence-corrected chi connectivity index (χ0v) is 8.53. The molecule has 0 unspecified atom stereocenters. The van der Waals surface area contributed by atoms with E-state index in [0.29, 0.717) is 12.0 Å². The average molecular weight is 204 g/mol. The Morgan fingerprint density at radius 2 is 2.27 bits per heavy atom. The van der Waals surface area contributed by atoms with Gasteiger partial charge < -0.3 is 9.53 Å². The lowest BCUT2D eigenvalue weighted by atomic mass is 9.83. The number of fused-ring (bicyclic) bond motifs is 1. The third-order valence-electron chi connectivity index (χ3n) is 2.80. The number of methoxy groups -OCH3 is 1. The summed E-state index contributed by atoms with van der Waals surface area (Å²) >= 11 is 0. The van der Waals surface area contributed by atoms with Crippen molar-refractivity contribution in [2.24, 2.45) is 5.92 Å². The first-order chi connectivity index (χ1) is 7.26. The number of ether oxygens (including phenoxy) is 1. The molecule has 15 heavy (non-hydrogen) atoms. The van der Waals surface area contributed by atoms with E-state index in [4.69, 9.17) is 4.74 Å². The van der Waals surface area contributed by atoms with E-state index in [1.165, 1.54) is 0 Å². The molecule has 1 aliphatic carbocycles. The lowest BCUT2D eigenvalue weighted by Crippen LogP contribution is -2.23. The third kappa shape index (κ3) is 1.65. The smallest absolute Gasteiger partial charge is 0.173 e. The van der Waals surface area contributed by atoms with Crippen LogP contribution in [-0.2, 0) is 11.2 Å². The summed E-state index contributed by atoms with van der Waals surface area (Å²) in [6.07, 6.45) is 2.12. The molecule has 0 fully saturated rings. The number of aldehydes is 1. The number of rotatable bonds is 2. The largest absolute Gasteiger partial charge is 0.497 e. The highest BCUT2D eigenvalue weighted by atomic mass is 16.5. The van der Waals surface area contributed by atoms with Crippen LogP contribution in [0.2, 0.25) is 0 Å². The standard InChI is InChI=1S/C12H12O3/c1-15-10-4-5-11-8(6-10)2-3-9(7-13)12(11)14/h4-7,9H,2-3H2,1H3/t9-/m0/s1. The van der Waals surface area contributed by atoms with Gasteiger partial charge in [-0.1, -0.05) is 0 Å². The molecule has 0 heterocycles. The fraction of sp³-hybridized carbons (Fsp3) is 0.333. The van der Waals surface area contributed by atoms with Crippen LogP contribution in [0.1, 0.15) is 22.3 Å². The molecular formula is C12H12O3. The zero-order valence-electron chi connectivity index (χ0n) is 8.53. The van der Waals surface area contributed by atoms with Crippen LogP contribution in [0.15, 0.2) is 18.2 Å². The fourth-order valence-electron chi connectivity index (χ4n) is 1.92. The van der Waals surface area contributed by atoms with Gasteiger partial charge in [0.25, 0.3) is 0 Å². The highest BCUT2D eigenvalue weighted by Crippen LogP contribution is 2.27. The minimum Gasteiger partial charge on any atom is -0.497 e. The summed E-state index contributed by atoms with van der Waals surface area (Å²) in [4.78, 5) is 22.4. The molecule has 0 aromatic heterocycles. The molecule has 1 aliphatic rings. The van der Waals surface area contributed by atoms with Crippen molar-refractivity contribution >= 4 is 12.1 Å². The fourth-order valence-corrected chi connectivity index (χ4v) is 1.92. The number of benzene rings is 1. The van der Waals surface area contributed by atoms with Crippen LogP contribution in [0.25, 0.3) is 0 Å². The van der Waals surface area contributed by atoms with Crippen LogP contribution in [0.4, 0.5) is 0 Å². The van der Waals surface area contributed by atoms with Crippen molar-refractivity contribution in [1.29, 1.82) is 0 Å². The van der Waals surface area contributed by atoms with Gasteiger partial charge in [0.2, 0.25) is 0 Å². The van der Waals surface area contributed by atoms with E-state index < -0.39 is 5.92 Å². The van der Waals surface area contributed by atoms with E-state index >= 15 is 0 Å². The topological polar surface area (TPSA) is 43.4 Å². The molecule has 0 saturated heterocycles. The van der Waals surface area contributed by atoms with Crippen molar-refractivity contribution < 1.29 is 14.3 Å². The molecular weight excluding hydrogens is 192 g/mol. The Morgan fingerprint density at radius 3 is 2.93 bits per heavy atom. The quantitative estimate of drug-likeness (QED) is 0.543. The van der Waals surface area contributed by atoms with E-state index in [9.17, 15) is 9.59 Å². The van der Waals surface area contributed by atoms with E-state index in [-0.39, 0.29) is 5.78 Å². The molecule has 2 rings (SSSR count). The minimum atomic E-state index is -0.453. The first kappa shape index (κ1) is 9.90. The second-order valence-corrected chi connectivity index (χ2v) is 3.67. The molecule has 0 spiro atoms. The van der Waals surface area contributed by atoms with Gasteiger partial charge in [0.1, 0.15) is 12.0 Å². The minimum absolute atomic E-state index is 0.0612. The Hall–Kier alpha value is -1.64. The second-order valence-electron chi connectivity index (χ2n) is 3.67. The lowest BCUT2D eigenvalue weighted by molar-refractivity contribution is -0.110. The summed E-state index contributed by atoms with van der Waals surface area (Å²) in [6.45, 7) is 0. The van der Waals surface area contributed by atoms with Gasteiger partial charge in [-0.25, -0.2) is 0 Å². The van der Waals surface area contributed by atoms with E-state index in [1.54, 1.807) is 19.2 Å². The van der Waals surface area contributed by atoms with Crippen molar-refractivity contribution in [3.63, 3.8) is 0 Å². The first-order valence-electron chi connectivity index (χ1n) is 4.92. The summed E-state index contributed by atoms with van der Waals surface area (Å²) in [5.41, 5.74) is 1.65. The van der Waals surface area contributed by atoms with Gasteiger partial charge in [0.15, 0.2) is 5.78 Å². The molecule has 1 aromatic rings. The molecule has 0 bridgehead atoms. The summed E-state index contributed by atoms with van der Waals surface area (Å²) in [5, 5.41) is 0. The molecule has 0 amide bonds. The van der Waals surface area contributed by atoms with Gasteiger partial charge in [-0.05, 0) is 36.6 Å². The summed E-state index contributed by atoms with van der Waals surface area (Å²) in [7, 11) is 1.60. The SMILES string of the molecule is COc1ccc2c(c1)CC[C@@H](C=O)C2=O. The molecule has 1 aromatic carbocycles. The Labute approximate surface area is 88.1 Å². The zero-order chi connectivity index (χ0) is 10.8. The Morgan fingerprint density at radius 1 is 1.47 bits per heavy atom. The molecule has 3 nitrogen and oxygen atoms in total. The van der Waals surface area contributed by atoms with E-state index in [0.717, 1.165) is 24.0 Å². The molecule has 0 aliphatic heterocycles. The van der Waals surface area contributed by atoms with Gasteiger partial charge in [-0.2, -0.15) is 0 Å². The van der Waals surface area contributed by atoms with Gasteiger partial charge in [-0.3, -0.25) is 4.79 Å². The Balaban J connectivity index is 2.41. The van der Waals surface area contributed by atoms with Crippen molar-refractivity contribution in [2.75, 3.05) is 7.11 Å². The van der Waals surface area contributed by atoms with Crippen LogP contribution < -0.4 is 4.74 Å². The number of aryl methyl sites for hydroxylation is 1. The lowest BCUT2D eigenvalue weighted by Gasteiger charge is -2.19. The summed E-state index contributed by atoms with van der Waals surface area (Å²) in [6, 6.07) is 5.37. The van der Waals surface area contributed by atoms with Crippen molar-refractivity contribution in [1.82, 2.24) is 0 Å². The van der Waals surface area contributed by atoms with Gasteiger partial charge in [0, 0.05) is 5.56 Å². The van der Waals surface area contributed by atoms with Crippen molar-refractivity contribution in [3.8, 4) is 5.75 Å². The molecule has 78 valence electrons. The van der Waals surface area contributed by atoms with Crippen molar-refractivity contribution in [3.05, 3.63) is 29.3 Å². The number of carbonyl (C=O) groups is 2. The monoisotopic (exact) mass is 204 g/mol. The number of Topliss-reactive ketones (excluding diaryl/α,β-unsaturated/α-hetero) is 1. The molecule has 0 saturated carbocycles. The van der Waals surface area contributed by atoms with Crippen molar-refractivity contribution in [2.45, 2.75) is 12.8 Å². The third-order valence-corrected chi connectivity index (χ3v) is 2.80. The number of hydrogen-bond donors (Lipinski definition) is 0. The molecule has 0 N–H and O–H groups in total. The Kier molecular flexibility index (Phi) is 2.54.